The Morgan fingerprint density at radius 2 is 1.77 bits per heavy atom. The Labute approximate surface area is 83.6 Å². The predicted octanol–water partition coefficient (Wildman–Crippen LogP) is 3.12. The first kappa shape index (κ1) is 11.3. The molecule has 1 aliphatic carbocycles. The summed E-state index contributed by atoms with van der Waals surface area (Å²) in [7, 11) is -1.06. The van der Waals surface area contributed by atoms with E-state index in [2.05, 4.69) is 40.4 Å². The summed E-state index contributed by atoms with van der Waals surface area (Å²) in [5.41, 5.74) is 1.22. The van der Waals surface area contributed by atoms with Crippen molar-refractivity contribution in [3.63, 3.8) is 0 Å². The molecule has 3 atom stereocenters. The maximum Gasteiger partial charge on any atom is 0.0571 e. The van der Waals surface area contributed by atoms with Crippen LogP contribution >= 0.6 is 0 Å². The summed E-state index contributed by atoms with van der Waals surface area (Å²) in [6.45, 7) is 14.0. The Morgan fingerprint density at radius 3 is 2.00 bits per heavy atom. The van der Waals surface area contributed by atoms with Crippen molar-refractivity contribution in [1.29, 1.82) is 0 Å². The van der Waals surface area contributed by atoms with Gasteiger partial charge in [0.25, 0.3) is 0 Å². The van der Waals surface area contributed by atoms with Gasteiger partial charge in [0, 0.05) is 8.07 Å². The van der Waals surface area contributed by atoms with E-state index in [1.807, 2.05) is 0 Å². The third kappa shape index (κ3) is 1.84. The summed E-state index contributed by atoms with van der Waals surface area (Å²) in [5.74, 6) is 0.573. The highest BCUT2D eigenvalue weighted by Gasteiger charge is 2.64. The Kier molecular flexibility index (Phi) is 2.68. The van der Waals surface area contributed by atoms with Crippen LogP contribution in [0, 0.1) is 11.3 Å². The molecule has 1 nitrogen and oxygen atoms in total. The van der Waals surface area contributed by atoms with Crippen molar-refractivity contribution in [2.75, 3.05) is 0 Å². The van der Waals surface area contributed by atoms with Crippen molar-refractivity contribution >= 4 is 8.07 Å². The Hall–Kier alpha value is 0.177. The van der Waals surface area contributed by atoms with Gasteiger partial charge in [0.15, 0.2) is 0 Å². The highest BCUT2D eigenvalue weighted by molar-refractivity contribution is 6.78. The van der Waals surface area contributed by atoms with E-state index in [9.17, 15) is 5.11 Å². The van der Waals surface area contributed by atoms with Gasteiger partial charge in [0.1, 0.15) is 0 Å². The van der Waals surface area contributed by atoms with Crippen molar-refractivity contribution in [3.05, 3.63) is 0 Å². The van der Waals surface area contributed by atoms with Crippen LogP contribution < -0.4 is 0 Å². The molecular weight excluding hydrogens is 176 g/mol. The highest BCUT2D eigenvalue weighted by atomic mass is 28.3. The average molecular weight is 200 g/mol. The van der Waals surface area contributed by atoms with Crippen LogP contribution in [0.4, 0.5) is 0 Å². The molecule has 0 aromatic carbocycles. The lowest BCUT2D eigenvalue weighted by Crippen LogP contribution is -2.24. The van der Waals surface area contributed by atoms with Gasteiger partial charge in [-0.25, -0.2) is 0 Å². The quantitative estimate of drug-likeness (QED) is 0.694. The summed E-state index contributed by atoms with van der Waals surface area (Å²) < 4.78 is 0. The molecule has 0 spiro atoms. The molecule has 1 saturated carbocycles. The molecule has 0 amide bonds. The van der Waals surface area contributed by atoms with Crippen molar-refractivity contribution in [2.45, 2.75) is 58.5 Å². The topological polar surface area (TPSA) is 20.2 Å². The number of rotatable bonds is 3. The first-order chi connectivity index (χ1) is 5.73. The first-order valence-electron chi connectivity index (χ1n) is 5.41. The minimum atomic E-state index is -1.06. The van der Waals surface area contributed by atoms with Crippen molar-refractivity contribution < 1.29 is 5.11 Å². The Morgan fingerprint density at radius 1 is 1.31 bits per heavy atom. The molecule has 0 aromatic rings. The van der Waals surface area contributed by atoms with Gasteiger partial charge in [-0.05, 0) is 23.3 Å². The van der Waals surface area contributed by atoms with Crippen LogP contribution in [0.3, 0.4) is 0 Å². The molecule has 1 unspecified atom stereocenters. The standard InChI is InChI=1S/C11H24OSi/c1-7-8(12)9-10(11(9,2)3)13(4,5)6/h8-10,12H,7H2,1-6H3/t8-,9-,10?/m0/s1. The highest BCUT2D eigenvalue weighted by Crippen LogP contribution is 2.69. The van der Waals surface area contributed by atoms with Crippen molar-refractivity contribution in [2.24, 2.45) is 11.3 Å². The average Bonchev–Trinajstić information content (AvgIpc) is 2.51. The number of hydrogen-bond acceptors (Lipinski definition) is 1. The number of hydrogen-bond donors (Lipinski definition) is 1. The van der Waals surface area contributed by atoms with Gasteiger partial charge in [0.2, 0.25) is 0 Å². The van der Waals surface area contributed by atoms with E-state index in [1.165, 1.54) is 0 Å². The SMILES string of the molecule is CC[C@H](O)[C@H]1C([Si](C)(C)C)C1(C)C. The number of aliphatic hydroxyl groups excluding tert-OH is 1. The van der Waals surface area contributed by atoms with E-state index >= 15 is 0 Å². The van der Waals surface area contributed by atoms with E-state index in [-0.39, 0.29) is 6.10 Å². The predicted molar refractivity (Wildman–Crippen MR) is 60.7 cm³/mol. The molecule has 1 rings (SSSR count). The summed E-state index contributed by atoms with van der Waals surface area (Å²) in [6.07, 6.45) is 0.849. The third-order valence-electron chi connectivity index (χ3n) is 3.68. The van der Waals surface area contributed by atoms with E-state index in [0.29, 0.717) is 11.3 Å². The van der Waals surface area contributed by atoms with Crippen LogP contribution in [0.1, 0.15) is 27.2 Å². The van der Waals surface area contributed by atoms with E-state index in [1.54, 1.807) is 0 Å². The van der Waals surface area contributed by atoms with Crippen LogP contribution in [0.2, 0.25) is 25.2 Å². The molecule has 0 radical (unpaired) electrons. The van der Waals surface area contributed by atoms with Crippen LogP contribution in [-0.2, 0) is 0 Å². The Bertz CT molecular complexity index is 193. The van der Waals surface area contributed by atoms with Gasteiger partial charge in [-0.15, -0.1) is 0 Å². The van der Waals surface area contributed by atoms with Gasteiger partial charge >= 0.3 is 0 Å². The molecule has 0 aliphatic heterocycles. The maximum atomic E-state index is 9.89. The lowest BCUT2D eigenvalue weighted by atomic mass is 10.0. The normalized spacial score (nSPS) is 34.4. The van der Waals surface area contributed by atoms with Gasteiger partial charge < -0.3 is 5.11 Å². The van der Waals surface area contributed by atoms with Gasteiger partial charge in [-0.2, -0.15) is 0 Å². The fourth-order valence-corrected chi connectivity index (χ4v) is 7.36. The largest absolute Gasteiger partial charge is 0.393 e. The summed E-state index contributed by atoms with van der Waals surface area (Å²) in [5, 5.41) is 9.89. The fourth-order valence-electron chi connectivity index (χ4n) is 3.30. The minimum Gasteiger partial charge on any atom is -0.393 e. The number of aliphatic hydroxyl groups is 1. The second-order valence-corrected chi connectivity index (χ2v) is 11.5. The van der Waals surface area contributed by atoms with Crippen LogP contribution in [-0.4, -0.2) is 19.3 Å². The van der Waals surface area contributed by atoms with Crippen LogP contribution in [0.15, 0.2) is 0 Å². The Balaban J connectivity index is 2.72. The van der Waals surface area contributed by atoms with Gasteiger partial charge in [-0.1, -0.05) is 40.4 Å². The summed E-state index contributed by atoms with van der Waals surface area (Å²) in [4.78, 5) is 0. The molecule has 0 heterocycles. The van der Waals surface area contributed by atoms with E-state index in [4.69, 9.17) is 0 Å². The smallest absolute Gasteiger partial charge is 0.0571 e. The third-order valence-corrected chi connectivity index (χ3v) is 6.65. The molecular formula is C11H24OSi. The first-order valence-corrected chi connectivity index (χ1v) is 8.98. The molecule has 13 heavy (non-hydrogen) atoms. The molecule has 1 N–H and O–H groups in total. The molecule has 0 aromatic heterocycles. The maximum absolute atomic E-state index is 9.89. The second kappa shape index (κ2) is 3.09. The molecule has 0 saturated heterocycles. The van der Waals surface area contributed by atoms with Crippen LogP contribution in [0.25, 0.3) is 0 Å². The summed E-state index contributed by atoms with van der Waals surface area (Å²) in [6, 6.07) is 0. The molecule has 2 heteroatoms. The van der Waals surface area contributed by atoms with Crippen LogP contribution in [0.5, 0.6) is 0 Å². The fraction of sp³-hybridized carbons (Fsp3) is 1.00. The van der Waals surface area contributed by atoms with Crippen molar-refractivity contribution in [1.82, 2.24) is 0 Å². The zero-order valence-electron chi connectivity index (χ0n) is 9.89. The summed E-state index contributed by atoms with van der Waals surface area (Å²) >= 11 is 0. The van der Waals surface area contributed by atoms with E-state index in [0.717, 1.165) is 12.0 Å². The van der Waals surface area contributed by atoms with Gasteiger partial charge in [0.05, 0.1) is 6.10 Å². The van der Waals surface area contributed by atoms with E-state index < -0.39 is 8.07 Å². The lowest BCUT2D eigenvalue weighted by molar-refractivity contribution is 0.132. The monoisotopic (exact) mass is 200 g/mol. The molecule has 78 valence electrons. The molecule has 1 aliphatic rings. The second-order valence-electron chi connectivity index (χ2n) is 6.17. The van der Waals surface area contributed by atoms with Crippen molar-refractivity contribution in [3.8, 4) is 0 Å². The molecule has 1 fully saturated rings. The minimum absolute atomic E-state index is 0.0632. The zero-order valence-corrected chi connectivity index (χ0v) is 10.9. The van der Waals surface area contributed by atoms with Gasteiger partial charge in [-0.3, -0.25) is 0 Å². The lowest BCUT2D eigenvalue weighted by Gasteiger charge is -2.18. The zero-order chi connectivity index (χ0) is 10.4. The molecule has 0 bridgehead atoms.